The number of halogens is 1. The summed E-state index contributed by atoms with van der Waals surface area (Å²) < 4.78 is 13.3. The SMILES string of the molecule is CC(=O)N1CCC(C[C@@H]2CC[C@H]([C@@H](O)c3cccc(F)c3)N2)CC1. The van der Waals surface area contributed by atoms with E-state index >= 15 is 0 Å². The van der Waals surface area contributed by atoms with E-state index in [0.29, 0.717) is 17.5 Å². The van der Waals surface area contributed by atoms with Crippen LogP contribution in [0, 0.1) is 11.7 Å². The van der Waals surface area contributed by atoms with Crippen molar-refractivity contribution in [2.75, 3.05) is 13.1 Å². The van der Waals surface area contributed by atoms with Gasteiger partial charge in [-0.3, -0.25) is 4.79 Å². The third kappa shape index (κ3) is 4.14. The number of amides is 1. The van der Waals surface area contributed by atoms with E-state index in [1.807, 2.05) is 4.90 Å². The summed E-state index contributed by atoms with van der Waals surface area (Å²) in [4.78, 5) is 13.3. The molecule has 24 heavy (non-hydrogen) atoms. The Morgan fingerprint density at radius 2 is 2.08 bits per heavy atom. The number of benzene rings is 1. The smallest absolute Gasteiger partial charge is 0.219 e. The van der Waals surface area contributed by atoms with Gasteiger partial charge in [-0.2, -0.15) is 0 Å². The van der Waals surface area contributed by atoms with E-state index in [9.17, 15) is 14.3 Å². The van der Waals surface area contributed by atoms with E-state index in [4.69, 9.17) is 0 Å². The molecule has 2 N–H and O–H groups in total. The lowest BCUT2D eigenvalue weighted by atomic mass is 9.90. The van der Waals surface area contributed by atoms with Crippen LogP contribution in [0.5, 0.6) is 0 Å². The minimum absolute atomic E-state index is 0.00545. The van der Waals surface area contributed by atoms with Crippen molar-refractivity contribution in [3.05, 3.63) is 35.6 Å². The van der Waals surface area contributed by atoms with E-state index in [1.165, 1.54) is 12.1 Å². The quantitative estimate of drug-likeness (QED) is 0.890. The first-order chi connectivity index (χ1) is 11.5. The molecule has 5 heteroatoms. The van der Waals surface area contributed by atoms with Crippen LogP contribution in [-0.2, 0) is 4.79 Å². The Hall–Kier alpha value is -1.46. The van der Waals surface area contributed by atoms with Gasteiger partial charge in [-0.05, 0) is 55.7 Å². The average Bonchev–Trinajstić information content (AvgIpc) is 3.03. The number of hydrogen-bond donors (Lipinski definition) is 2. The van der Waals surface area contributed by atoms with Crippen LogP contribution >= 0.6 is 0 Å². The molecule has 0 bridgehead atoms. The molecule has 1 aromatic rings. The molecular weight excluding hydrogens is 307 g/mol. The summed E-state index contributed by atoms with van der Waals surface area (Å²) in [6, 6.07) is 6.64. The largest absolute Gasteiger partial charge is 0.387 e. The second-order valence-corrected chi connectivity index (χ2v) is 7.23. The van der Waals surface area contributed by atoms with Crippen LogP contribution in [-0.4, -0.2) is 41.1 Å². The molecule has 3 atom stereocenters. The highest BCUT2D eigenvalue weighted by molar-refractivity contribution is 5.73. The van der Waals surface area contributed by atoms with Gasteiger partial charge in [-0.15, -0.1) is 0 Å². The molecule has 1 amide bonds. The van der Waals surface area contributed by atoms with Crippen molar-refractivity contribution in [3.63, 3.8) is 0 Å². The van der Waals surface area contributed by atoms with E-state index in [0.717, 1.165) is 45.2 Å². The predicted octanol–water partition coefficient (Wildman–Crippen LogP) is 2.63. The zero-order chi connectivity index (χ0) is 17.1. The second-order valence-electron chi connectivity index (χ2n) is 7.23. The van der Waals surface area contributed by atoms with Crippen molar-refractivity contribution < 1.29 is 14.3 Å². The molecular formula is C19H27FN2O2. The molecule has 2 fully saturated rings. The van der Waals surface area contributed by atoms with Crippen molar-refractivity contribution in [3.8, 4) is 0 Å². The standard InChI is InChI=1S/C19H27FN2O2/c1-13(23)22-9-7-14(8-10-22)11-17-5-6-18(21-17)19(24)15-3-2-4-16(20)12-15/h2-4,12,14,17-19,21,24H,5-11H2,1H3/t17-,18+,19-/m0/s1. The third-order valence-electron chi connectivity index (χ3n) is 5.52. The number of likely N-dealkylation sites (tertiary alicyclic amines) is 1. The maximum absolute atomic E-state index is 13.3. The highest BCUT2D eigenvalue weighted by atomic mass is 19.1. The molecule has 0 spiro atoms. The summed E-state index contributed by atoms with van der Waals surface area (Å²) in [5.41, 5.74) is 0.642. The molecule has 1 aromatic carbocycles. The number of aliphatic hydroxyl groups excluding tert-OH is 1. The van der Waals surface area contributed by atoms with Crippen LogP contribution in [0.1, 0.15) is 50.7 Å². The zero-order valence-corrected chi connectivity index (χ0v) is 14.2. The fraction of sp³-hybridized carbons (Fsp3) is 0.632. The topological polar surface area (TPSA) is 52.6 Å². The fourth-order valence-electron chi connectivity index (χ4n) is 4.09. The van der Waals surface area contributed by atoms with Crippen molar-refractivity contribution in [2.24, 2.45) is 5.92 Å². The third-order valence-corrected chi connectivity index (χ3v) is 5.52. The summed E-state index contributed by atoms with van der Waals surface area (Å²) in [6.07, 6.45) is 4.52. The van der Waals surface area contributed by atoms with Crippen molar-refractivity contribution >= 4 is 5.91 Å². The number of nitrogens with one attached hydrogen (secondary N) is 1. The summed E-state index contributed by atoms with van der Waals surface area (Å²) in [6.45, 7) is 3.36. The van der Waals surface area contributed by atoms with E-state index in [-0.39, 0.29) is 17.8 Å². The van der Waals surface area contributed by atoms with Crippen LogP contribution in [0.15, 0.2) is 24.3 Å². The first kappa shape index (κ1) is 17.4. The lowest BCUT2D eigenvalue weighted by Crippen LogP contribution is -2.39. The fourth-order valence-corrected chi connectivity index (χ4v) is 4.09. The number of rotatable bonds is 4. The van der Waals surface area contributed by atoms with Gasteiger partial charge < -0.3 is 15.3 Å². The molecule has 2 heterocycles. The first-order valence-corrected chi connectivity index (χ1v) is 8.98. The Kier molecular flexibility index (Phi) is 5.51. The van der Waals surface area contributed by atoms with Gasteiger partial charge in [0, 0.05) is 32.1 Å². The molecule has 2 aliphatic rings. The molecule has 2 saturated heterocycles. The molecule has 0 aliphatic carbocycles. The summed E-state index contributed by atoms with van der Waals surface area (Å²) in [5.74, 6) is 0.507. The second kappa shape index (κ2) is 7.62. The van der Waals surface area contributed by atoms with Gasteiger partial charge in [0.15, 0.2) is 0 Å². The monoisotopic (exact) mass is 334 g/mol. The molecule has 2 aliphatic heterocycles. The zero-order valence-electron chi connectivity index (χ0n) is 14.2. The van der Waals surface area contributed by atoms with Crippen molar-refractivity contribution in [1.82, 2.24) is 10.2 Å². The van der Waals surface area contributed by atoms with Gasteiger partial charge in [-0.1, -0.05) is 12.1 Å². The first-order valence-electron chi connectivity index (χ1n) is 8.98. The summed E-state index contributed by atoms with van der Waals surface area (Å²) >= 11 is 0. The van der Waals surface area contributed by atoms with Crippen molar-refractivity contribution in [2.45, 2.75) is 57.2 Å². The molecule has 0 unspecified atom stereocenters. The normalized spacial score (nSPS) is 26.5. The maximum Gasteiger partial charge on any atom is 0.219 e. The lowest BCUT2D eigenvalue weighted by Gasteiger charge is -2.32. The maximum atomic E-state index is 13.3. The van der Waals surface area contributed by atoms with Gasteiger partial charge in [0.05, 0.1) is 6.10 Å². The molecule has 132 valence electrons. The summed E-state index contributed by atoms with van der Waals surface area (Å²) in [7, 11) is 0. The number of hydrogen-bond acceptors (Lipinski definition) is 3. The lowest BCUT2D eigenvalue weighted by molar-refractivity contribution is -0.130. The van der Waals surface area contributed by atoms with Crippen LogP contribution in [0.25, 0.3) is 0 Å². The highest BCUT2D eigenvalue weighted by Gasteiger charge is 2.32. The Labute approximate surface area is 143 Å². The minimum Gasteiger partial charge on any atom is -0.387 e. The molecule has 3 rings (SSSR count). The molecule has 0 radical (unpaired) electrons. The Morgan fingerprint density at radius 1 is 1.33 bits per heavy atom. The van der Waals surface area contributed by atoms with Gasteiger partial charge in [-0.25, -0.2) is 4.39 Å². The Balaban J connectivity index is 1.48. The number of carbonyl (C=O) groups excluding carboxylic acids is 1. The van der Waals surface area contributed by atoms with Crippen molar-refractivity contribution in [1.29, 1.82) is 0 Å². The van der Waals surface area contributed by atoms with Gasteiger partial charge in [0.2, 0.25) is 5.91 Å². The summed E-state index contributed by atoms with van der Waals surface area (Å²) in [5, 5.41) is 14.0. The number of carbonyl (C=O) groups is 1. The van der Waals surface area contributed by atoms with Crippen LogP contribution in [0.2, 0.25) is 0 Å². The Morgan fingerprint density at radius 3 is 2.75 bits per heavy atom. The minimum atomic E-state index is -0.662. The number of aliphatic hydroxyl groups is 1. The van der Waals surface area contributed by atoms with Crippen LogP contribution in [0.3, 0.4) is 0 Å². The van der Waals surface area contributed by atoms with Gasteiger partial charge in [0.25, 0.3) is 0 Å². The van der Waals surface area contributed by atoms with Crippen LogP contribution in [0.4, 0.5) is 4.39 Å². The van der Waals surface area contributed by atoms with E-state index in [1.54, 1.807) is 19.1 Å². The van der Waals surface area contributed by atoms with Crippen LogP contribution < -0.4 is 5.32 Å². The molecule has 0 aromatic heterocycles. The molecule has 4 nitrogen and oxygen atoms in total. The number of piperidine rings is 1. The number of nitrogens with zero attached hydrogens (tertiary/aromatic N) is 1. The van der Waals surface area contributed by atoms with E-state index in [2.05, 4.69) is 5.32 Å². The van der Waals surface area contributed by atoms with Gasteiger partial charge in [0.1, 0.15) is 5.82 Å². The predicted molar refractivity (Wildman–Crippen MR) is 90.9 cm³/mol. The molecule has 0 saturated carbocycles. The highest BCUT2D eigenvalue weighted by Crippen LogP contribution is 2.30. The van der Waals surface area contributed by atoms with Gasteiger partial charge >= 0.3 is 0 Å². The van der Waals surface area contributed by atoms with E-state index < -0.39 is 6.10 Å². The Bertz CT molecular complexity index is 572. The average molecular weight is 334 g/mol.